The normalized spacial score (nSPS) is 11.4. The van der Waals surface area contributed by atoms with Gasteiger partial charge >= 0.3 is 5.97 Å². The summed E-state index contributed by atoms with van der Waals surface area (Å²) in [6.07, 6.45) is -0.144. The van der Waals surface area contributed by atoms with Crippen LogP contribution >= 0.6 is 0 Å². The van der Waals surface area contributed by atoms with E-state index in [9.17, 15) is 9.59 Å². The summed E-state index contributed by atoms with van der Waals surface area (Å²) in [6, 6.07) is 19.5. The van der Waals surface area contributed by atoms with E-state index >= 15 is 0 Å². The van der Waals surface area contributed by atoms with Gasteiger partial charge in [-0.2, -0.15) is 5.26 Å². The summed E-state index contributed by atoms with van der Waals surface area (Å²) in [5.74, 6) is -1.55. The highest BCUT2D eigenvalue weighted by atomic mass is 16.5. The number of esters is 1. The standard InChI is InChI=1S/C19H18N2O3/c1-24-19(23)16(12-13-20)21-18(22)17(14-8-4-2-5-9-14)15-10-6-3-7-11-15/h2-11,16-17H,12H2,1H3,(H,21,22)/t16-/m1/s1. The fraction of sp³-hybridized carbons (Fsp3) is 0.211. The van der Waals surface area contributed by atoms with E-state index in [2.05, 4.69) is 10.1 Å². The van der Waals surface area contributed by atoms with Gasteiger partial charge in [-0.25, -0.2) is 4.79 Å². The van der Waals surface area contributed by atoms with Gasteiger partial charge in [-0.05, 0) is 11.1 Å². The van der Waals surface area contributed by atoms with E-state index in [0.717, 1.165) is 11.1 Å². The van der Waals surface area contributed by atoms with Gasteiger partial charge in [-0.1, -0.05) is 60.7 Å². The maximum absolute atomic E-state index is 12.8. The minimum Gasteiger partial charge on any atom is -0.467 e. The van der Waals surface area contributed by atoms with Crippen LogP contribution in [0.3, 0.4) is 0 Å². The zero-order valence-corrected chi connectivity index (χ0v) is 13.3. The van der Waals surface area contributed by atoms with Gasteiger partial charge in [0, 0.05) is 0 Å². The number of ether oxygens (including phenoxy) is 1. The van der Waals surface area contributed by atoms with Gasteiger partial charge in [-0.15, -0.1) is 0 Å². The second kappa shape index (κ2) is 8.49. The lowest BCUT2D eigenvalue weighted by molar-refractivity contribution is -0.145. The van der Waals surface area contributed by atoms with E-state index in [1.54, 1.807) is 0 Å². The van der Waals surface area contributed by atoms with E-state index in [1.165, 1.54) is 7.11 Å². The number of nitrogens with one attached hydrogen (secondary N) is 1. The maximum atomic E-state index is 12.8. The lowest BCUT2D eigenvalue weighted by atomic mass is 9.90. The molecule has 0 radical (unpaired) electrons. The number of benzene rings is 2. The first-order valence-electron chi connectivity index (χ1n) is 7.52. The quantitative estimate of drug-likeness (QED) is 0.828. The summed E-state index contributed by atoms with van der Waals surface area (Å²) < 4.78 is 4.65. The number of carbonyl (C=O) groups is 2. The minimum atomic E-state index is -0.984. The molecule has 0 unspecified atom stereocenters. The molecular formula is C19H18N2O3. The number of rotatable bonds is 6. The SMILES string of the molecule is COC(=O)[C@@H](CC#N)NC(=O)C(c1ccccc1)c1ccccc1. The first-order valence-corrected chi connectivity index (χ1v) is 7.52. The van der Waals surface area contributed by atoms with E-state index in [1.807, 2.05) is 66.7 Å². The van der Waals surface area contributed by atoms with Crippen LogP contribution in [0.5, 0.6) is 0 Å². The molecule has 122 valence electrons. The molecule has 0 aliphatic heterocycles. The van der Waals surface area contributed by atoms with E-state index < -0.39 is 17.9 Å². The third kappa shape index (κ3) is 4.20. The molecule has 0 saturated carbocycles. The topological polar surface area (TPSA) is 79.2 Å². The molecule has 0 saturated heterocycles. The summed E-state index contributed by atoms with van der Waals surface area (Å²) in [5.41, 5.74) is 1.61. The molecule has 1 N–H and O–H groups in total. The van der Waals surface area contributed by atoms with Crippen LogP contribution in [0.2, 0.25) is 0 Å². The highest BCUT2D eigenvalue weighted by Crippen LogP contribution is 2.25. The monoisotopic (exact) mass is 322 g/mol. The molecule has 0 aromatic heterocycles. The molecule has 2 rings (SSSR count). The summed E-state index contributed by atoms with van der Waals surface area (Å²) in [5, 5.41) is 11.5. The molecule has 2 aromatic rings. The van der Waals surface area contributed by atoms with Crippen molar-refractivity contribution in [3.63, 3.8) is 0 Å². The highest BCUT2D eigenvalue weighted by molar-refractivity contribution is 5.91. The predicted molar refractivity (Wildman–Crippen MR) is 88.9 cm³/mol. The van der Waals surface area contributed by atoms with Crippen molar-refractivity contribution in [2.24, 2.45) is 0 Å². The molecule has 1 atom stereocenters. The minimum absolute atomic E-state index is 0.144. The molecule has 1 amide bonds. The maximum Gasteiger partial charge on any atom is 0.329 e. The van der Waals surface area contributed by atoms with Crippen LogP contribution in [0, 0.1) is 11.3 Å². The zero-order valence-electron chi connectivity index (χ0n) is 13.3. The Morgan fingerprint density at radius 2 is 1.54 bits per heavy atom. The van der Waals surface area contributed by atoms with Crippen LogP contribution < -0.4 is 5.32 Å². The Hall–Kier alpha value is -3.13. The van der Waals surface area contributed by atoms with Crippen LogP contribution in [0.1, 0.15) is 23.5 Å². The Labute approximate surface area is 140 Å². The van der Waals surface area contributed by atoms with Gasteiger partial charge in [0.05, 0.1) is 25.5 Å². The molecule has 5 heteroatoms. The molecule has 24 heavy (non-hydrogen) atoms. The van der Waals surface area contributed by atoms with Gasteiger partial charge in [0.25, 0.3) is 0 Å². The highest BCUT2D eigenvalue weighted by Gasteiger charge is 2.28. The van der Waals surface area contributed by atoms with Crippen molar-refractivity contribution in [3.8, 4) is 6.07 Å². The van der Waals surface area contributed by atoms with E-state index in [4.69, 9.17) is 5.26 Å². The summed E-state index contributed by atoms with van der Waals surface area (Å²) >= 11 is 0. The van der Waals surface area contributed by atoms with Crippen LogP contribution in [-0.2, 0) is 14.3 Å². The lowest BCUT2D eigenvalue weighted by Gasteiger charge is -2.21. The molecule has 0 aliphatic rings. The number of hydrogen-bond donors (Lipinski definition) is 1. The van der Waals surface area contributed by atoms with Crippen LogP contribution in [0.4, 0.5) is 0 Å². The van der Waals surface area contributed by atoms with Crippen LogP contribution in [0.15, 0.2) is 60.7 Å². The number of hydrogen-bond acceptors (Lipinski definition) is 4. The largest absolute Gasteiger partial charge is 0.467 e. The first-order chi connectivity index (χ1) is 11.7. The van der Waals surface area contributed by atoms with Gasteiger partial charge in [0.2, 0.25) is 5.91 Å². The van der Waals surface area contributed by atoms with Crippen molar-refractivity contribution < 1.29 is 14.3 Å². The fourth-order valence-corrected chi connectivity index (χ4v) is 2.47. The van der Waals surface area contributed by atoms with Crippen molar-refractivity contribution >= 4 is 11.9 Å². The number of nitrogens with zero attached hydrogens (tertiary/aromatic N) is 1. The average Bonchev–Trinajstić information content (AvgIpc) is 2.62. The summed E-state index contributed by atoms with van der Waals surface area (Å²) in [4.78, 5) is 24.6. The number of methoxy groups -OCH3 is 1. The van der Waals surface area contributed by atoms with Crippen molar-refractivity contribution in [1.82, 2.24) is 5.32 Å². The Morgan fingerprint density at radius 1 is 1.04 bits per heavy atom. The van der Waals surface area contributed by atoms with Crippen molar-refractivity contribution in [1.29, 1.82) is 5.26 Å². The third-order valence-corrected chi connectivity index (χ3v) is 3.63. The van der Waals surface area contributed by atoms with Gasteiger partial charge in [0.15, 0.2) is 0 Å². The molecule has 0 fully saturated rings. The molecule has 0 heterocycles. The van der Waals surface area contributed by atoms with Crippen LogP contribution in [-0.4, -0.2) is 25.0 Å². The lowest BCUT2D eigenvalue weighted by Crippen LogP contribution is -2.43. The number of amides is 1. The van der Waals surface area contributed by atoms with E-state index in [0.29, 0.717) is 0 Å². The third-order valence-electron chi connectivity index (χ3n) is 3.63. The second-order valence-electron chi connectivity index (χ2n) is 5.20. The molecule has 2 aromatic carbocycles. The Balaban J connectivity index is 2.32. The average molecular weight is 322 g/mol. The van der Waals surface area contributed by atoms with Crippen LogP contribution in [0.25, 0.3) is 0 Å². The van der Waals surface area contributed by atoms with Gasteiger partial charge < -0.3 is 10.1 Å². The van der Waals surface area contributed by atoms with Crippen molar-refractivity contribution in [2.75, 3.05) is 7.11 Å². The number of carbonyl (C=O) groups excluding carboxylic acids is 2. The first kappa shape index (κ1) is 17.2. The van der Waals surface area contributed by atoms with E-state index in [-0.39, 0.29) is 12.3 Å². The zero-order chi connectivity index (χ0) is 17.4. The molecule has 0 bridgehead atoms. The smallest absolute Gasteiger partial charge is 0.329 e. The molecule has 5 nitrogen and oxygen atoms in total. The Morgan fingerprint density at radius 3 is 1.96 bits per heavy atom. The summed E-state index contributed by atoms with van der Waals surface area (Å²) in [7, 11) is 1.23. The van der Waals surface area contributed by atoms with Crippen molar-refractivity contribution in [2.45, 2.75) is 18.4 Å². The molecule has 0 aliphatic carbocycles. The molecular weight excluding hydrogens is 304 g/mol. The second-order valence-corrected chi connectivity index (χ2v) is 5.20. The fourth-order valence-electron chi connectivity index (χ4n) is 2.47. The van der Waals surface area contributed by atoms with Gasteiger partial charge in [0.1, 0.15) is 6.04 Å². The Bertz CT molecular complexity index is 684. The predicted octanol–water partition coefficient (Wildman–Crippen LogP) is 2.39. The Kier molecular flexibility index (Phi) is 6.09. The van der Waals surface area contributed by atoms with Gasteiger partial charge in [-0.3, -0.25) is 4.79 Å². The summed E-state index contributed by atoms with van der Waals surface area (Å²) in [6.45, 7) is 0. The number of nitriles is 1. The van der Waals surface area contributed by atoms with Crippen molar-refractivity contribution in [3.05, 3.63) is 71.8 Å². The molecule has 0 spiro atoms.